The van der Waals surface area contributed by atoms with Crippen molar-refractivity contribution in [3.8, 4) is 17.2 Å². The zero-order chi connectivity index (χ0) is 27.5. The predicted octanol–water partition coefficient (Wildman–Crippen LogP) is 3.99. The molecular weight excluding hydrogens is 492 g/mol. The van der Waals surface area contributed by atoms with Crippen LogP contribution in [0.3, 0.4) is 0 Å². The molecule has 0 aliphatic heterocycles. The van der Waals surface area contributed by atoms with Gasteiger partial charge in [0.05, 0.1) is 7.11 Å². The third kappa shape index (κ3) is 7.96. The van der Waals surface area contributed by atoms with Crippen molar-refractivity contribution in [2.75, 3.05) is 13.9 Å². The number of nitrogens with one attached hydrogen (secondary N) is 1. The second kappa shape index (κ2) is 14.0. The highest BCUT2D eigenvalue weighted by Crippen LogP contribution is 2.30. The molecule has 1 heterocycles. The van der Waals surface area contributed by atoms with Crippen LogP contribution in [0, 0.1) is 0 Å². The van der Waals surface area contributed by atoms with E-state index in [9.17, 15) is 14.4 Å². The molecule has 1 aromatic heterocycles. The van der Waals surface area contributed by atoms with Crippen molar-refractivity contribution < 1.29 is 38.1 Å². The average molecular weight is 527 g/mol. The Morgan fingerprint density at radius 1 is 1.08 bits per heavy atom. The lowest BCUT2D eigenvalue weighted by molar-refractivity contribution is -0.153. The van der Waals surface area contributed by atoms with Gasteiger partial charge in [0.25, 0.3) is 5.91 Å². The largest absolute Gasteiger partial charge is 0.493 e. The molecule has 0 spiro atoms. The number of nitrogens with zero attached hydrogens (tertiary/aromatic N) is 1. The summed E-state index contributed by atoms with van der Waals surface area (Å²) in [6.07, 6.45) is 6.20. The lowest BCUT2D eigenvalue weighted by Crippen LogP contribution is -2.44. The summed E-state index contributed by atoms with van der Waals surface area (Å²) in [5.41, 5.74) is 0.866. The molecule has 38 heavy (non-hydrogen) atoms. The highest BCUT2D eigenvalue weighted by atomic mass is 16.7. The summed E-state index contributed by atoms with van der Waals surface area (Å²) in [5, 5.41) is 2.60. The number of hydrogen-bond acceptors (Lipinski definition) is 9. The van der Waals surface area contributed by atoms with Gasteiger partial charge in [-0.15, -0.1) is 0 Å². The van der Waals surface area contributed by atoms with Crippen LogP contribution in [0.25, 0.3) is 0 Å². The molecule has 1 aliphatic carbocycles. The van der Waals surface area contributed by atoms with E-state index in [1.54, 1.807) is 0 Å². The Bertz CT molecular complexity index is 1130. The van der Waals surface area contributed by atoms with Gasteiger partial charge in [-0.1, -0.05) is 24.3 Å². The first-order valence-corrected chi connectivity index (χ1v) is 12.5. The van der Waals surface area contributed by atoms with E-state index in [1.165, 1.54) is 33.2 Å². The maximum absolute atomic E-state index is 13.1. The van der Waals surface area contributed by atoms with Crippen molar-refractivity contribution >= 4 is 17.8 Å². The predicted molar refractivity (Wildman–Crippen MR) is 138 cm³/mol. The first-order valence-electron chi connectivity index (χ1n) is 12.5. The Morgan fingerprint density at radius 3 is 2.50 bits per heavy atom. The topological polar surface area (TPSA) is 122 Å². The molecule has 10 heteroatoms. The minimum atomic E-state index is -1.01. The number of methoxy groups -OCH3 is 1. The fourth-order valence-corrected chi connectivity index (χ4v) is 3.98. The zero-order valence-electron chi connectivity index (χ0n) is 22.1. The van der Waals surface area contributed by atoms with E-state index in [1.807, 2.05) is 37.3 Å². The quantitative estimate of drug-likeness (QED) is 0.248. The number of aromatic nitrogens is 1. The molecule has 0 bridgehead atoms. The van der Waals surface area contributed by atoms with Gasteiger partial charge in [0.15, 0.2) is 23.3 Å². The van der Waals surface area contributed by atoms with E-state index >= 15 is 0 Å². The maximum Gasteiger partial charge on any atom is 0.329 e. The van der Waals surface area contributed by atoms with Crippen LogP contribution in [0.1, 0.15) is 56.9 Å². The molecule has 2 aromatic rings. The molecular formula is C28H34N2O8. The van der Waals surface area contributed by atoms with Gasteiger partial charge in [-0.25, -0.2) is 9.78 Å². The summed E-state index contributed by atoms with van der Waals surface area (Å²) in [4.78, 5) is 41.3. The number of pyridine rings is 1. The molecule has 0 saturated carbocycles. The molecule has 1 amide bonds. The van der Waals surface area contributed by atoms with Gasteiger partial charge in [0.2, 0.25) is 6.79 Å². The Labute approximate surface area is 222 Å². The molecule has 0 fully saturated rings. The van der Waals surface area contributed by atoms with Gasteiger partial charge in [0, 0.05) is 19.2 Å². The van der Waals surface area contributed by atoms with Gasteiger partial charge < -0.3 is 29.0 Å². The van der Waals surface area contributed by atoms with E-state index < -0.39 is 42.9 Å². The Morgan fingerprint density at radius 2 is 1.84 bits per heavy atom. The van der Waals surface area contributed by atoms with E-state index in [2.05, 4.69) is 16.4 Å². The number of esters is 2. The SMILES string of the molecule is COc1ccnc(C(=O)N[C@@H](C)C(=O)O[C@@H](C2=CCCCC2)[C@H](C)Oc2ccccc2)c1OCOC(C)=O. The van der Waals surface area contributed by atoms with Crippen LogP contribution in [-0.4, -0.2) is 55.0 Å². The molecule has 1 N–H and O–H groups in total. The van der Waals surface area contributed by atoms with Crippen LogP contribution in [0.15, 0.2) is 54.2 Å². The molecule has 0 unspecified atom stereocenters. The monoisotopic (exact) mass is 526 g/mol. The normalized spacial score (nSPS) is 15.2. The van der Waals surface area contributed by atoms with E-state index in [0.717, 1.165) is 31.3 Å². The van der Waals surface area contributed by atoms with Crippen LogP contribution in [0.2, 0.25) is 0 Å². The number of carbonyl (C=O) groups excluding carboxylic acids is 3. The Hall–Kier alpha value is -4.08. The molecule has 0 saturated heterocycles. The van der Waals surface area contributed by atoms with E-state index in [4.69, 9.17) is 23.7 Å². The summed E-state index contributed by atoms with van der Waals surface area (Å²) in [6, 6.07) is 9.81. The highest BCUT2D eigenvalue weighted by molar-refractivity contribution is 5.98. The maximum atomic E-state index is 13.1. The number of ether oxygens (including phenoxy) is 5. The number of para-hydroxylation sites is 1. The summed E-state index contributed by atoms with van der Waals surface area (Å²) in [6.45, 7) is 4.17. The first-order chi connectivity index (χ1) is 18.3. The van der Waals surface area contributed by atoms with Crippen LogP contribution < -0.4 is 19.5 Å². The summed E-state index contributed by atoms with van der Waals surface area (Å²) in [7, 11) is 1.40. The van der Waals surface area contributed by atoms with Crippen LogP contribution in [0.5, 0.6) is 17.2 Å². The number of hydrogen-bond donors (Lipinski definition) is 1. The van der Waals surface area contributed by atoms with Gasteiger partial charge >= 0.3 is 11.9 Å². The molecule has 10 nitrogen and oxygen atoms in total. The summed E-state index contributed by atoms with van der Waals surface area (Å²) >= 11 is 0. The molecule has 0 radical (unpaired) electrons. The van der Waals surface area contributed by atoms with Crippen molar-refractivity contribution in [3.05, 3.63) is 59.9 Å². The van der Waals surface area contributed by atoms with Crippen LogP contribution >= 0.6 is 0 Å². The Balaban J connectivity index is 1.72. The van der Waals surface area contributed by atoms with Crippen molar-refractivity contribution in [1.82, 2.24) is 10.3 Å². The minimum absolute atomic E-state index is 0.0237. The van der Waals surface area contributed by atoms with Crippen LogP contribution in [0.4, 0.5) is 0 Å². The fourth-order valence-electron chi connectivity index (χ4n) is 3.98. The molecule has 3 rings (SSSR count). The number of allylic oxidation sites excluding steroid dienone is 1. The number of carbonyl (C=O) groups is 3. The van der Waals surface area contributed by atoms with Gasteiger partial charge in [-0.3, -0.25) is 9.59 Å². The van der Waals surface area contributed by atoms with Gasteiger partial charge in [-0.2, -0.15) is 0 Å². The molecule has 1 aromatic carbocycles. The highest BCUT2D eigenvalue weighted by Gasteiger charge is 2.31. The molecule has 204 valence electrons. The van der Waals surface area contributed by atoms with Crippen LogP contribution in [-0.2, 0) is 19.1 Å². The lowest BCUT2D eigenvalue weighted by atomic mass is 9.93. The van der Waals surface area contributed by atoms with E-state index in [0.29, 0.717) is 5.75 Å². The fraction of sp³-hybridized carbons (Fsp3) is 0.429. The second-order valence-corrected chi connectivity index (χ2v) is 8.80. The minimum Gasteiger partial charge on any atom is -0.493 e. The Kier molecular flexibility index (Phi) is 10.5. The third-order valence-corrected chi connectivity index (χ3v) is 5.90. The van der Waals surface area contributed by atoms with Gasteiger partial charge in [-0.05, 0) is 57.2 Å². The van der Waals surface area contributed by atoms with E-state index in [-0.39, 0.29) is 17.2 Å². The van der Waals surface area contributed by atoms with Crippen molar-refractivity contribution in [2.24, 2.45) is 0 Å². The van der Waals surface area contributed by atoms with Crippen molar-refractivity contribution in [2.45, 2.75) is 64.7 Å². The van der Waals surface area contributed by atoms with Gasteiger partial charge in [0.1, 0.15) is 17.9 Å². The standard InChI is InChI=1S/C28H34N2O8/c1-18(30-27(32)24-26(36-17-35-20(3)31)23(34-4)15-16-29-24)28(33)38-25(21-11-7-5-8-12-21)19(2)37-22-13-9-6-10-14-22/h6,9-11,13-16,18-19,25H,5,7-8,12,17H2,1-4H3,(H,30,32)/t18-,19-,25+/m0/s1. The number of amides is 1. The van der Waals surface area contributed by atoms with Crippen molar-refractivity contribution in [3.63, 3.8) is 0 Å². The smallest absolute Gasteiger partial charge is 0.329 e. The molecule has 1 aliphatic rings. The zero-order valence-corrected chi connectivity index (χ0v) is 22.1. The lowest BCUT2D eigenvalue weighted by Gasteiger charge is -2.30. The third-order valence-electron chi connectivity index (χ3n) is 5.90. The summed E-state index contributed by atoms with van der Waals surface area (Å²) in [5.74, 6) is -1.00. The average Bonchev–Trinajstić information content (AvgIpc) is 2.92. The number of benzene rings is 1. The first kappa shape index (κ1) is 28.5. The number of rotatable bonds is 12. The summed E-state index contributed by atoms with van der Waals surface area (Å²) < 4.78 is 27.5. The second-order valence-electron chi connectivity index (χ2n) is 8.80. The van der Waals surface area contributed by atoms with Crippen molar-refractivity contribution in [1.29, 1.82) is 0 Å². The molecule has 3 atom stereocenters.